The number of ether oxygens (including phenoxy) is 3. The molecule has 0 spiro atoms. The molecule has 0 unspecified atom stereocenters. The van der Waals surface area contributed by atoms with Gasteiger partial charge in [-0.05, 0) is 24.6 Å². The maximum atomic E-state index is 12.8. The highest BCUT2D eigenvalue weighted by atomic mass is 35.5. The Bertz CT molecular complexity index is 881. The normalized spacial score (nSPS) is 13.4. The Morgan fingerprint density at radius 3 is 2.37 bits per heavy atom. The molecule has 8 heteroatoms. The number of amides is 1. The van der Waals surface area contributed by atoms with Crippen LogP contribution in [0.5, 0.6) is 17.2 Å². The maximum Gasteiger partial charge on any atom is 0.239 e. The number of carbonyl (C=O) groups excluding carboxylic acids is 1. The van der Waals surface area contributed by atoms with Crippen LogP contribution in [0.4, 0.5) is 11.4 Å². The highest BCUT2D eigenvalue weighted by molar-refractivity contribution is 6.31. The predicted octanol–water partition coefficient (Wildman–Crippen LogP) is 3.33. The van der Waals surface area contributed by atoms with Crippen molar-refractivity contribution in [1.29, 1.82) is 0 Å². The summed E-state index contributed by atoms with van der Waals surface area (Å²) in [5.74, 6) is 1.73. The van der Waals surface area contributed by atoms with Gasteiger partial charge in [-0.1, -0.05) is 11.6 Å². The zero-order valence-corrected chi connectivity index (χ0v) is 18.6. The lowest BCUT2D eigenvalue weighted by atomic mass is 10.1. The molecule has 162 valence electrons. The Hall–Kier alpha value is -2.80. The third kappa shape index (κ3) is 4.84. The van der Waals surface area contributed by atoms with Gasteiger partial charge >= 0.3 is 0 Å². The zero-order chi connectivity index (χ0) is 21.7. The van der Waals surface area contributed by atoms with Crippen molar-refractivity contribution in [3.63, 3.8) is 0 Å². The van der Waals surface area contributed by atoms with E-state index in [-0.39, 0.29) is 19.0 Å². The molecule has 0 fully saturated rings. The second-order valence-electron chi connectivity index (χ2n) is 7.12. The van der Waals surface area contributed by atoms with Crippen molar-refractivity contribution in [2.45, 2.75) is 13.0 Å². The first kappa shape index (κ1) is 21.9. The number of carbonyl (C=O) groups is 1. The predicted molar refractivity (Wildman–Crippen MR) is 119 cm³/mol. The number of nitrogens with zero attached hydrogens (tertiary/aromatic N) is 2. The fourth-order valence-electron chi connectivity index (χ4n) is 3.64. The summed E-state index contributed by atoms with van der Waals surface area (Å²) in [4.78, 5) is 17.1. The van der Waals surface area contributed by atoms with Crippen LogP contribution >= 0.6 is 11.6 Å². The van der Waals surface area contributed by atoms with Gasteiger partial charge in [0.15, 0.2) is 0 Å². The molecule has 0 aromatic heterocycles. The lowest BCUT2D eigenvalue weighted by Crippen LogP contribution is -2.37. The van der Waals surface area contributed by atoms with Crippen molar-refractivity contribution < 1.29 is 19.0 Å². The van der Waals surface area contributed by atoms with Gasteiger partial charge in [0.2, 0.25) is 5.91 Å². The molecule has 0 atom stereocenters. The van der Waals surface area contributed by atoms with Crippen molar-refractivity contribution in [1.82, 2.24) is 5.32 Å². The van der Waals surface area contributed by atoms with Crippen molar-refractivity contribution in [2.24, 2.45) is 0 Å². The van der Waals surface area contributed by atoms with Gasteiger partial charge < -0.3 is 29.3 Å². The van der Waals surface area contributed by atoms with Crippen LogP contribution in [0.1, 0.15) is 12.0 Å². The molecule has 7 nitrogen and oxygen atoms in total. The van der Waals surface area contributed by atoms with Gasteiger partial charge in [0, 0.05) is 37.3 Å². The first-order valence-corrected chi connectivity index (χ1v) is 10.2. The summed E-state index contributed by atoms with van der Waals surface area (Å²) in [6.45, 7) is 2.22. The van der Waals surface area contributed by atoms with E-state index in [1.54, 1.807) is 33.5 Å². The molecule has 0 radical (unpaired) electrons. The van der Waals surface area contributed by atoms with Gasteiger partial charge in [0.25, 0.3) is 0 Å². The van der Waals surface area contributed by atoms with Gasteiger partial charge in [-0.3, -0.25) is 4.79 Å². The molecule has 0 aliphatic carbocycles. The lowest BCUT2D eigenvalue weighted by molar-refractivity contribution is -0.119. The van der Waals surface area contributed by atoms with Crippen LogP contribution < -0.4 is 29.3 Å². The van der Waals surface area contributed by atoms with E-state index >= 15 is 0 Å². The van der Waals surface area contributed by atoms with Crippen LogP contribution in [-0.2, 0) is 11.3 Å². The topological polar surface area (TPSA) is 63.3 Å². The van der Waals surface area contributed by atoms with E-state index in [1.807, 2.05) is 18.2 Å². The average molecular weight is 434 g/mol. The fourth-order valence-corrected chi connectivity index (χ4v) is 3.81. The second kappa shape index (κ2) is 9.80. The van der Waals surface area contributed by atoms with Gasteiger partial charge in [-0.25, -0.2) is 0 Å². The molecule has 3 rings (SSSR count). The van der Waals surface area contributed by atoms with Crippen molar-refractivity contribution >= 4 is 28.9 Å². The SMILES string of the molecule is COc1cc(OC)c(CNC(=O)CN2CCCN(C)c3ccc(Cl)cc32)c(OC)c1. The number of hydrogen-bond acceptors (Lipinski definition) is 6. The molecular weight excluding hydrogens is 406 g/mol. The van der Waals surface area contributed by atoms with E-state index in [1.165, 1.54) is 0 Å². The summed E-state index contributed by atoms with van der Waals surface area (Å²) < 4.78 is 16.2. The van der Waals surface area contributed by atoms with Crippen molar-refractivity contribution in [3.8, 4) is 17.2 Å². The van der Waals surface area contributed by atoms with Crippen molar-refractivity contribution in [3.05, 3.63) is 40.9 Å². The summed E-state index contributed by atoms with van der Waals surface area (Å²) in [5.41, 5.74) is 2.80. The number of halogens is 1. The molecule has 0 saturated carbocycles. The highest BCUT2D eigenvalue weighted by Gasteiger charge is 2.21. The molecule has 2 aromatic carbocycles. The number of nitrogens with one attached hydrogen (secondary N) is 1. The molecule has 1 N–H and O–H groups in total. The minimum atomic E-state index is -0.0922. The molecular formula is C22H28ClN3O4. The van der Waals surface area contributed by atoms with Crippen LogP contribution in [0.15, 0.2) is 30.3 Å². The molecule has 1 heterocycles. The standard InChI is InChI=1S/C22H28ClN3O4/c1-25-8-5-9-26(19-10-15(23)6-7-18(19)25)14-22(27)24-13-17-20(29-3)11-16(28-2)12-21(17)30-4/h6-7,10-12H,5,8-9,13-14H2,1-4H3,(H,24,27). The maximum absolute atomic E-state index is 12.8. The average Bonchev–Trinajstić information content (AvgIpc) is 2.90. The second-order valence-corrected chi connectivity index (χ2v) is 7.55. The Balaban J connectivity index is 1.74. The fraction of sp³-hybridized carbons (Fsp3) is 0.409. The van der Waals surface area contributed by atoms with Gasteiger partial charge in [-0.15, -0.1) is 0 Å². The minimum Gasteiger partial charge on any atom is -0.496 e. The van der Waals surface area contributed by atoms with E-state index in [0.717, 1.165) is 36.4 Å². The van der Waals surface area contributed by atoms with Crippen LogP contribution in [0, 0.1) is 0 Å². The van der Waals surface area contributed by atoms with Crippen LogP contribution in [-0.4, -0.2) is 53.9 Å². The van der Waals surface area contributed by atoms with Crippen LogP contribution in [0.3, 0.4) is 0 Å². The number of methoxy groups -OCH3 is 3. The molecule has 1 aliphatic rings. The van der Waals surface area contributed by atoms with E-state index in [4.69, 9.17) is 25.8 Å². The summed E-state index contributed by atoms with van der Waals surface area (Å²) in [6.07, 6.45) is 0.955. The third-order valence-electron chi connectivity index (χ3n) is 5.22. The third-order valence-corrected chi connectivity index (χ3v) is 5.46. The van der Waals surface area contributed by atoms with Gasteiger partial charge in [0.1, 0.15) is 17.2 Å². The smallest absolute Gasteiger partial charge is 0.239 e. The van der Waals surface area contributed by atoms with Crippen LogP contribution in [0.2, 0.25) is 5.02 Å². The molecule has 0 bridgehead atoms. The minimum absolute atomic E-state index is 0.0922. The molecule has 0 saturated heterocycles. The van der Waals surface area contributed by atoms with E-state index in [0.29, 0.717) is 22.3 Å². The number of benzene rings is 2. The Kier molecular flexibility index (Phi) is 7.15. The van der Waals surface area contributed by atoms with E-state index in [9.17, 15) is 4.79 Å². The quantitative estimate of drug-likeness (QED) is 0.722. The first-order chi connectivity index (χ1) is 14.5. The number of anilines is 2. The van der Waals surface area contributed by atoms with E-state index in [2.05, 4.69) is 22.2 Å². The largest absolute Gasteiger partial charge is 0.496 e. The molecule has 2 aromatic rings. The monoisotopic (exact) mass is 433 g/mol. The van der Waals surface area contributed by atoms with Crippen LogP contribution in [0.25, 0.3) is 0 Å². The Morgan fingerprint density at radius 1 is 1.03 bits per heavy atom. The first-order valence-electron chi connectivity index (χ1n) is 9.78. The molecule has 1 aliphatic heterocycles. The van der Waals surface area contributed by atoms with Gasteiger partial charge in [-0.2, -0.15) is 0 Å². The lowest BCUT2D eigenvalue weighted by Gasteiger charge is -2.26. The number of fused-ring (bicyclic) bond motifs is 1. The van der Waals surface area contributed by atoms with E-state index < -0.39 is 0 Å². The number of hydrogen-bond donors (Lipinski definition) is 1. The summed E-state index contributed by atoms with van der Waals surface area (Å²) in [5, 5.41) is 3.64. The zero-order valence-electron chi connectivity index (χ0n) is 17.8. The molecule has 1 amide bonds. The van der Waals surface area contributed by atoms with Crippen molar-refractivity contribution in [2.75, 3.05) is 57.8 Å². The molecule has 30 heavy (non-hydrogen) atoms. The number of rotatable bonds is 7. The summed E-state index contributed by atoms with van der Waals surface area (Å²) in [6, 6.07) is 9.34. The summed E-state index contributed by atoms with van der Waals surface area (Å²) in [7, 11) is 6.79. The highest BCUT2D eigenvalue weighted by Crippen LogP contribution is 2.35. The Morgan fingerprint density at radius 2 is 1.73 bits per heavy atom. The summed E-state index contributed by atoms with van der Waals surface area (Å²) >= 11 is 6.23. The Labute approximate surface area is 182 Å². The van der Waals surface area contributed by atoms with Gasteiger partial charge in [0.05, 0.1) is 51.4 Å².